The van der Waals surface area contributed by atoms with Gasteiger partial charge in [-0.25, -0.2) is 18.1 Å². The monoisotopic (exact) mass is 697 g/mol. The van der Waals surface area contributed by atoms with Gasteiger partial charge in [-0.2, -0.15) is 4.98 Å². The quantitative estimate of drug-likeness (QED) is 0.155. The van der Waals surface area contributed by atoms with E-state index < -0.39 is 27.0 Å². The summed E-state index contributed by atoms with van der Waals surface area (Å²) in [5.74, 6) is 0.762. The van der Waals surface area contributed by atoms with Crippen LogP contribution in [0.4, 0.5) is 30.6 Å². The minimum Gasteiger partial charge on any atom is -0.404 e. The second-order valence-corrected chi connectivity index (χ2v) is 13.4. The fraction of sp³-hybridized carbons (Fsp3) is 0.310. The summed E-state index contributed by atoms with van der Waals surface area (Å²) in [4.78, 5) is 8.81. The highest BCUT2D eigenvalue weighted by Crippen LogP contribution is 2.34. The number of ether oxygens (including phenoxy) is 1. The average molecular weight is 699 g/mol. The van der Waals surface area contributed by atoms with Crippen LogP contribution in [0.5, 0.6) is 5.75 Å². The number of fused-ring (bicyclic) bond motifs is 1. The summed E-state index contributed by atoms with van der Waals surface area (Å²) < 4.78 is 70.9. The first-order chi connectivity index (χ1) is 20.4. The van der Waals surface area contributed by atoms with E-state index in [9.17, 15) is 21.6 Å². The van der Waals surface area contributed by atoms with Crippen molar-refractivity contribution >= 4 is 65.9 Å². The smallest absolute Gasteiger partial charge is 0.404 e. The van der Waals surface area contributed by atoms with Crippen molar-refractivity contribution in [1.82, 2.24) is 14.7 Å². The molecule has 1 heterocycles. The normalized spacial score (nSPS) is 17.5. The first-order valence-electron chi connectivity index (χ1n) is 13.5. The Hall–Kier alpha value is -3.13. The van der Waals surface area contributed by atoms with Crippen LogP contribution >= 0.6 is 27.5 Å². The summed E-state index contributed by atoms with van der Waals surface area (Å²) in [6.45, 7) is 0.770. The van der Waals surface area contributed by atoms with Crippen molar-refractivity contribution in [1.29, 1.82) is 0 Å². The molecule has 1 saturated carbocycles. The van der Waals surface area contributed by atoms with Gasteiger partial charge in [0.25, 0.3) is 0 Å². The maximum absolute atomic E-state index is 12.9. The van der Waals surface area contributed by atoms with Crippen LogP contribution in [0.3, 0.4) is 0 Å². The molecule has 1 aromatic heterocycles. The number of rotatable bonds is 10. The van der Waals surface area contributed by atoms with E-state index in [0.717, 1.165) is 54.4 Å². The van der Waals surface area contributed by atoms with Gasteiger partial charge in [-0.05, 0) is 92.1 Å². The van der Waals surface area contributed by atoms with Crippen molar-refractivity contribution in [2.24, 2.45) is 11.8 Å². The van der Waals surface area contributed by atoms with Crippen molar-refractivity contribution in [3.05, 3.63) is 76.2 Å². The molecule has 228 valence electrons. The molecule has 4 aromatic rings. The molecule has 0 radical (unpaired) electrons. The molecule has 1 fully saturated rings. The van der Waals surface area contributed by atoms with Crippen LogP contribution in [0, 0.1) is 11.8 Å². The molecule has 0 saturated heterocycles. The first-order valence-corrected chi connectivity index (χ1v) is 16.2. The van der Waals surface area contributed by atoms with Crippen LogP contribution in [0.1, 0.15) is 25.7 Å². The third-order valence-corrected chi connectivity index (χ3v) is 9.42. The molecule has 0 atom stereocenters. The molecule has 5 rings (SSSR count). The fourth-order valence-electron chi connectivity index (χ4n) is 5.01. The van der Waals surface area contributed by atoms with Crippen molar-refractivity contribution in [2.75, 3.05) is 23.7 Å². The average Bonchev–Trinajstić information content (AvgIpc) is 2.96. The van der Waals surface area contributed by atoms with Gasteiger partial charge in [0.15, 0.2) is 5.75 Å². The molecule has 8 nitrogen and oxygen atoms in total. The van der Waals surface area contributed by atoms with Gasteiger partial charge in [-0.15, -0.1) is 13.2 Å². The number of nitrogens with one attached hydrogen (secondary N) is 3. The van der Waals surface area contributed by atoms with Gasteiger partial charge < -0.3 is 15.4 Å². The minimum absolute atomic E-state index is 0.0561. The molecule has 0 aliphatic heterocycles. The highest BCUT2D eigenvalue weighted by atomic mass is 79.9. The van der Waals surface area contributed by atoms with Crippen molar-refractivity contribution in [2.45, 2.75) is 36.9 Å². The number of hydrogen-bond acceptors (Lipinski definition) is 7. The van der Waals surface area contributed by atoms with E-state index in [1.54, 1.807) is 12.1 Å². The molecule has 3 aromatic carbocycles. The maximum Gasteiger partial charge on any atom is 0.573 e. The Labute approximate surface area is 260 Å². The van der Waals surface area contributed by atoms with Crippen molar-refractivity contribution in [3.63, 3.8) is 0 Å². The molecule has 0 unspecified atom stereocenters. The number of anilines is 3. The van der Waals surface area contributed by atoms with Crippen molar-refractivity contribution in [3.8, 4) is 5.75 Å². The van der Waals surface area contributed by atoms with E-state index in [1.165, 1.54) is 6.07 Å². The van der Waals surface area contributed by atoms with Crippen LogP contribution in [0.2, 0.25) is 5.02 Å². The maximum atomic E-state index is 12.9. The summed E-state index contributed by atoms with van der Waals surface area (Å²) >= 11 is 9.07. The molecule has 14 heteroatoms. The van der Waals surface area contributed by atoms with Crippen LogP contribution in [0.25, 0.3) is 10.9 Å². The van der Waals surface area contributed by atoms with Gasteiger partial charge in [-0.1, -0.05) is 39.7 Å². The minimum atomic E-state index is -5.02. The van der Waals surface area contributed by atoms with E-state index in [4.69, 9.17) is 16.6 Å². The van der Waals surface area contributed by atoms with E-state index in [-0.39, 0.29) is 16.9 Å². The van der Waals surface area contributed by atoms with E-state index in [0.29, 0.717) is 29.3 Å². The zero-order chi connectivity index (χ0) is 30.6. The summed E-state index contributed by atoms with van der Waals surface area (Å²) in [6.07, 6.45) is -1.79. The summed E-state index contributed by atoms with van der Waals surface area (Å²) in [7, 11) is -4.22. The predicted molar refractivity (Wildman–Crippen MR) is 164 cm³/mol. The van der Waals surface area contributed by atoms with E-state index in [1.807, 2.05) is 36.4 Å². The van der Waals surface area contributed by atoms with E-state index in [2.05, 4.69) is 41.0 Å². The topological polar surface area (TPSA) is 105 Å². The molecule has 1 aliphatic carbocycles. The number of halogens is 5. The molecular weight excluding hydrogens is 671 g/mol. The Balaban J connectivity index is 1.16. The number of para-hydroxylation sites is 1. The predicted octanol–water partition coefficient (Wildman–Crippen LogP) is 7.88. The summed E-state index contributed by atoms with van der Waals surface area (Å²) in [5.41, 5.74) is 1.64. The summed E-state index contributed by atoms with van der Waals surface area (Å²) in [5, 5.41) is 8.22. The lowest BCUT2D eigenvalue weighted by Gasteiger charge is -2.28. The number of nitrogens with zero attached hydrogens (tertiary/aromatic N) is 2. The number of hydrogen-bond donors (Lipinski definition) is 3. The lowest BCUT2D eigenvalue weighted by atomic mass is 9.82. The standard InChI is InChI=1S/C29H28BrClF3N5O3S/c30-20-9-14-26(25(15-20)42-29(32,33)34)43(40,41)36-17-19-7-5-18(6-8-19)16-35-28-38-24-4-2-1-3-23(24)27(39-28)37-22-12-10-21(31)11-13-22/h1-4,9-15,18-19,36H,5-8,16-17H2,(H2,35,37,38,39)/t18-,19-. The summed E-state index contributed by atoms with van der Waals surface area (Å²) in [6, 6.07) is 18.5. The zero-order valence-corrected chi connectivity index (χ0v) is 25.8. The Morgan fingerprint density at radius 2 is 1.60 bits per heavy atom. The Kier molecular flexibility index (Phi) is 9.64. The first kappa shape index (κ1) is 31.3. The van der Waals surface area contributed by atoms with E-state index >= 15 is 0 Å². The number of sulfonamides is 1. The van der Waals surface area contributed by atoms with Crippen LogP contribution in [-0.2, 0) is 10.0 Å². The SMILES string of the molecule is O=S(=O)(NC[C@H]1CC[C@H](CNc2nc(Nc3ccc(Cl)cc3)c3ccccc3n2)CC1)c1ccc(Br)cc1OC(F)(F)F. The number of alkyl halides is 3. The molecule has 1 aliphatic rings. The Morgan fingerprint density at radius 3 is 2.30 bits per heavy atom. The Morgan fingerprint density at radius 1 is 0.930 bits per heavy atom. The van der Waals surface area contributed by atoms with Crippen LogP contribution < -0.4 is 20.1 Å². The molecule has 0 amide bonds. The second-order valence-electron chi connectivity index (χ2n) is 10.3. The third kappa shape index (κ3) is 8.49. The molecule has 3 N–H and O–H groups in total. The van der Waals surface area contributed by atoms with Gasteiger partial charge in [0.05, 0.1) is 5.52 Å². The number of benzene rings is 3. The third-order valence-electron chi connectivity index (χ3n) is 7.21. The van der Waals surface area contributed by atoms with Crippen molar-refractivity contribution < 1.29 is 26.3 Å². The van der Waals surface area contributed by atoms with Gasteiger partial charge in [0, 0.05) is 33.7 Å². The van der Waals surface area contributed by atoms with Crippen LogP contribution in [-0.4, -0.2) is 37.8 Å². The highest BCUT2D eigenvalue weighted by molar-refractivity contribution is 9.10. The molecule has 43 heavy (non-hydrogen) atoms. The van der Waals surface area contributed by atoms with Crippen LogP contribution in [0.15, 0.2) is 76.1 Å². The molecular formula is C29H28BrClF3N5O3S. The lowest BCUT2D eigenvalue weighted by Crippen LogP contribution is -2.33. The molecule has 0 spiro atoms. The van der Waals surface area contributed by atoms with Gasteiger partial charge in [0.1, 0.15) is 10.7 Å². The largest absolute Gasteiger partial charge is 0.573 e. The number of aromatic nitrogens is 2. The highest BCUT2D eigenvalue weighted by Gasteiger charge is 2.34. The van der Waals surface area contributed by atoms with Gasteiger partial charge in [0.2, 0.25) is 16.0 Å². The Bertz CT molecular complexity index is 1690. The second kappa shape index (κ2) is 13.2. The lowest BCUT2D eigenvalue weighted by molar-refractivity contribution is -0.275. The van der Waals surface area contributed by atoms with Gasteiger partial charge >= 0.3 is 6.36 Å². The zero-order valence-electron chi connectivity index (χ0n) is 22.7. The van der Waals surface area contributed by atoms with Gasteiger partial charge in [-0.3, -0.25) is 0 Å². The molecule has 0 bridgehead atoms. The fourth-order valence-corrected chi connectivity index (χ4v) is 6.70.